The molecule has 0 radical (unpaired) electrons. The van der Waals surface area contributed by atoms with E-state index in [1.54, 1.807) is 11.8 Å². The van der Waals surface area contributed by atoms with Crippen molar-refractivity contribution in [2.75, 3.05) is 0 Å². The smallest absolute Gasteiger partial charge is 0.0777 e. The van der Waals surface area contributed by atoms with Crippen LogP contribution in [0.4, 0.5) is 0 Å². The Balaban J connectivity index is 2.12. The highest BCUT2D eigenvalue weighted by atomic mass is 32.2. The van der Waals surface area contributed by atoms with Gasteiger partial charge in [-0.1, -0.05) is 72.0 Å². The van der Waals surface area contributed by atoms with Crippen LogP contribution in [0.25, 0.3) is 0 Å². The fraction of sp³-hybridized carbons (Fsp3) is 0.0714. The molecule has 80 valence electrons. The average Bonchev–Trinajstić information content (AvgIpc) is 2.31. The number of thioether (sulfide) groups is 1. The third-order valence-electron chi connectivity index (χ3n) is 2.24. The van der Waals surface area contributed by atoms with E-state index in [1.807, 2.05) is 18.2 Å². The van der Waals surface area contributed by atoms with Gasteiger partial charge in [-0.25, -0.2) is 0 Å². The van der Waals surface area contributed by atoms with Crippen LogP contribution in [0.1, 0.15) is 11.1 Å². The van der Waals surface area contributed by atoms with Crippen LogP contribution in [0.15, 0.2) is 59.5 Å². The lowest BCUT2D eigenvalue weighted by Gasteiger charge is -2.04. The highest BCUT2D eigenvalue weighted by molar-refractivity contribution is 8.23. The number of hydrogen-bond donors (Lipinski definition) is 0. The Labute approximate surface area is 106 Å². The Morgan fingerprint density at radius 1 is 0.938 bits per heavy atom. The van der Waals surface area contributed by atoms with E-state index >= 15 is 0 Å². The highest BCUT2D eigenvalue weighted by Gasteiger charge is 2.02. The van der Waals surface area contributed by atoms with Gasteiger partial charge in [-0.2, -0.15) is 0 Å². The Morgan fingerprint density at radius 2 is 1.56 bits per heavy atom. The van der Waals surface area contributed by atoms with Gasteiger partial charge in [0, 0.05) is 4.90 Å². The molecule has 0 saturated heterocycles. The molecular weight excluding hydrogens is 232 g/mol. The molecule has 0 aliphatic rings. The first-order chi connectivity index (χ1) is 7.75. The normalized spacial score (nSPS) is 10.1. The molecule has 2 aromatic rings. The van der Waals surface area contributed by atoms with E-state index < -0.39 is 0 Å². The van der Waals surface area contributed by atoms with Crippen molar-refractivity contribution >= 4 is 28.2 Å². The van der Waals surface area contributed by atoms with Crippen LogP contribution in [-0.4, -0.2) is 4.20 Å². The van der Waals surface area contributed by atoms with Crippen LogP contribution in [0.2, 0.25) is 0 Å². The molecule has 2 heteroatoms. The van der Waals surface area contributed by atoms with Gasteiger partial charge in [0.25, 0.3) is 0 Å². The molecule has 0 heterocycles. The minimum atomic E-state index is 0.922. The minimum absolute atomic E-state index is 0.922. The molecule has 0 unspecified atom stereocenters. The van der Waals surface area contributed by atoms with Gasteiger partial charge in [-0.15, -0.1) is 0 Å². The molecule has 0 aliphatic heterocycles. The maximum Gasteiger partial charge on any atom is 0.0825 e. The van der Waals surface area contributed by atoms with Gasteiger partial charge in [-0.3, -0.25) is 0 Å². The van der Waals surface area contributed by atoms with Gasteiger partial charge >= 0.3 is 0 Å². The number of thiocarbonyl (C=S) groups is 1. The zero-order chi connectivity index (χ0) is 11.4. The first-order valence-corrected chi connectivity index (χ1v) is 6.32. The van der Waals surface area contributed by atoms with Crippen molar-refractivity contribution in [2.45, 2.75) is 11.8 Å². The summed E-state index contributed by atoms with van der Waals surface area (Å²) < 4.78 is 0.922. The van der Waals surface area contributed by atoms with Crippen molar-refractivity contribution in [3.8, 4) is 0 Å². The third kappa shape index (κ3) is 2.94. The molecule has 0 N–H and O–H groups in total. The third-order valence-corrected chi connectivity index (χ3v) is 3.66. The van der Waals surface area contributed by atoms with Crippen molar-refractivity contribution in [3.05, 3.63) is 65.7 Å². The van der Waals surface area contributed by atoms with Gasteiger partial charge in [0.05, 0.1) is 4.20 Å². The topological polar surface area (TPSA) is 0 Å². The summed E-state index contributed by atoms with van der Waals surface area (Å²) in [6.45, 7) is 2.08. The summed E-state index contributed by atoms with van der Waals surface area (Å²) in [5.74, 6) is 0. The van der Waals surface area contributed by atoms with Crippen molar-refractivity contribution in [3.63, 3.8) is 0 Å². The van der Waals surface area contributed by atoms with Crippen LogP contribution >= 0.6 is 24.0 Å². The fourth-order valence-corrected chi connectivity index (χ4v) is 2.53. The Morgan fingerprint density at radius 3 is 2.19 bits per heavy atom. The average molecular weight is 244 g/mol. The lowest BCUT2D eigenvalue weighted by molar-refractivity contribution is 1.46. The first-order valence-electron chi connectivity index (χ1n) is 5.09. The molecule has 0 nitrogen and oxygen atoms in total. The van der Waals surface area contributed by atoms with E-state index in [9.17, 15) is 0 Å². The van der Waals surface area contributed by atoms with E-state index in [-0.39, 0.29) is 0 Å². The van der Waals surface area contributed by atoms with Gasteiger partial charge < -0.3 is 0 Å². The van der Waals surface area contributed by atoms with Crippen molar-refractivity contribution in [1.82, 2.24) is 0 Å². The van der Waals surface area contributed by atoms with Crippen molar-refractivity contribution in [2.24, 2.45) is 0 Å². The summed E-state index contributed by atoms with van der Waals surface area (Å²) in [4.78, 5) is 1.19. The van der Waals surface area contributed by atoms with Crippen LogP contribution < -0.4 is 0 Å². The van der Waals surface area contributed by atoms with Gasteiger partial charge in [0.2, 0.25) is 0 Å². The number of benzene rings is 2. The second kappa shape index (κ2) is 5.28. The van der Waals surface area contributed by atoms with Crippen LogP contribution in [0.5, 0.6) is 0 Å². The zero-order valence-electron chi connectivity index (χ0n) is 9.01. The molecule has 16 heavy (non-hydrogen) atoms. The summed E-state index contributed by atoms with van der Waals surface area (Å²) in [7, 11) is 0. The molecule has 0 bridgehead atoms. The van der Waals surface area contributed by atoms with E-state index in [4.69, 9.17) is 12.2 Å². The van der Waals surface area contributed by atoms with E-state index in [1.165, 1.54) is 10.5 Å². The molecule has 0 aromatic heterocycles. The summed E-state index contributed by atoms with van der Waals surface area (Å²) >= 11 is 7.04. The lowest BCUT2D eigenvalue weighted by Crippen LogP contribution is -1.90. The minimum Gasteiger partial charge on any atom is -0.0777 e. The van der Waals surface area contributed by atoms with E-state index in [0.29, 0.717) is 0 Å². The molecule has 0 amide bonds. The standard InChI is InChI=1S/C14H12S2/c1-11-7-9-12(10-8-11)14(15)16-13-5-3-2-4-6-13/h2-10H,1H3. The van der Waals surface area contributed by atoms with Crippen LogP contribution in [-0.2, 0) is 0 Å². The van der Waals surface area contributed by atoms with E-state index in [0.717, 1.165) is 9.76 Å². The van der Waals surface area contributed by atoms with Crippen LogP contribution in [0.3, 0.4) is 0 Å². The predicted octanol–water partition coefficient (Wildman–Crippen LogP) is 4.46. The van der Waals surface area contributed by atoms with Gasteiger partial charge in [0.15, 0.2) is 0 Å². The molecule has 0 spiro atoms. The summed E-state index contributed by atoms with van der Waals surface area (Å²) in [6, 6.07) is 18.6. The quantitative estimate of drug-likeness (QED) is 0.565. The molecular formula is C14H12S2. The molecule has 0 atom stereocenters. The van der Waals surface area contributed by atoms with Gasteiger partial charge in [-0.05, 0) is 24.6 Å². The predicted molar refractivity (Wildman–Crippen MR) is 75.2 cm³/mol. The fourth-order valence-electron chi connectivity index (χ4n) is 1.34. The van der Waals surface area contributed by atoms with Crippen LogP contribution in [0, 0.1) is 6.92 Å². The summed E-state index contributed by atoms with van der Waals surface area (Å²) in [6.07, 6.45) is 0. The molecule has 2 aromatic carbocycles. The number of aryl methyl sites for hydroxylation is 1. The second-order valence-corrected chi connectivity index (χ2v) is 5.32. The Bertz CT molecular complexity index is 472. The summed E-state index contributed by atoms with van der Waals surface area (Å²) in [5.41, 5.74) is 2.38. The largest absolute Gasteiger partial charge is 0.0825 e. The zero-order valence-corrected chi connectivity index (χ0v) is 10.6. The Hall–Kier alpha value is -1.12. The highest BCUT2D eigenvalue weighted by Crippen LogP contribution is 2.23. The summed E-state index contributed by atoms with van der Waals surface area (Å²) in [5, 5.41) is 0. The molecule has 0 saturated carbocycles. The molecule has 0 aliphatic carbocycles. The Kier molecular flexibility index (Phi) is 3.75. The molecule has 0 fully saturated rings. The first kappa shape index (κ1) is 11.4. The maximum absolute atomic E-state index is 5.41. The number of hydrogen-bond acceptors (Lipinski definition) is 2. The monoisotopic (exact) mass is 244 g/mol. The van der Waals surface area contributed by atoms with Gasteiger partial charge in [0.1, 0.15) is 0 Å². The number of rotatable bonds is 2. The second-order valence-electron chi connectivity index (χ2n) is 3.57. The van der Waals surface area contributed by atoms with E-state index in [2.05, 4.69) is 43.3 Å². The maximum atomic E-state index is 5.41. The molecule has 2 rings (SSSR count). The lowest BCUT2D eigenvalue weighted by atomic mass is 10.2. The van der Waals surface area contributed by atoms with Crippen molar-refractivity contribution < 1.29 is 0 Å². The van der Waals surface area contributed by atoms with Crippen molar-refractivity contribution in [1.29, 1.82) is 0 Å². The SMILES string of the molecule is Cc1ccc(C(=S)Sc2ccccc2)cc1.